The SMILES string of the molecule is C=C1NCCN(C)CCNc2ccn3ncc(c3n2)-c2cccc1c2. The Hall–Kier alpha value is -2.86. The van der Waals surface area contributed by atoms with E-state index in [0.29, 0.717) is 0 Å². The normalized spacial score (nSPS) is 16.1. The third-order valence-corrected chi connectivity index (χ3v) is 4.52. The van der Waals surface area contributed by atoms with Crippen LogP contribution in [0, 0.1) is 0 Å². The first-order valence-corrected chi connectivity index (χ1v) is 8.51. The number of benzene rings is 1. The lowest BCUT2D eigenvalue weighted by atomic mass is 10.0. The van der Waals surface area contributed by atoms with Gasteiger partial charge in [-0.1, -0.05) is 24.8 Å². The maximum atomic E-state index is 4.76. The van der Waals surface area contributed by atoms with E-state index in [9.17, 15) is 0 Å². The number of rotatable bonds is 0. The Morgan fingerprint density at radius 2 is 1.88 bits per heavy atom. The predicted octanol–water partition coefficient (Wildman–Crippen LogP) is 2.31. The highest BCUT2D eigenvalue weighted by Gasteiger charge is 2.11. The van der Waals surface area contributed by atoms with Crippen molar-refractivity contribution in [3.05, 3.63) is 54.9 Å². The topological polar surface area (TPSA) is 57.5 Å². The molecular weight excluding hydrogens is 312 g/mol. The summed E-state index contributed by atoms with van der Waals surface area (Å²) in [4.78, 5) is 7.04. The van der Waals surface area contributed by atoms with Gasteiger partial charge in [-0.05, 0) is 30.3 Å². The molecule has 0 unspecified atom stereocenters. The van der Waals surface area contributed by atoms with Crippen LogP contribution in [-0.4, -0.2) is 52.7 Å². The van der Waals surface area contributed by atoms with Gasteiger partial charge in [0, 0.05) is 43.6 Å². The van der Waals surface area contributed by atoms with E-state index in [1.165, 1.54) is 0 Å². The average molecular weight is 334 g/mol. The Kier molecular flexibility index (Phi) is 4.11. The highest BCUT2D eigenvalue weighted by atomic mass is 15.3. The molecule has 1 aliphatic rings. The molecule has 0 fully saturated rings. The summed E-state index contributed by atoms with van der Waals surface area (Å²) in [6.45, 7) is 7.80. The van der Waals surface area contributed by atoms with Crippen LogP contribution in [0.1, 0.15) is 5.56 Å². The second-order valence-electron chi connectivity index (χ2n) is 6.36. The second kappa shape index (κ2) is 6.57. The largest absolute Gasteiger partial charge is 0.384 e. The fourth-order valence-corrected chi connectivity index (χ4v) is 3.03. The zero-order valence-electron chi connectivity index (χ0n) is 14.4. The maximum Gasteiger partial charge on any atom is 0.165 e. The van der Waals surface area contributed by atoms with Crippen LogP contribution in [0.15, 0.2) is 49.3 Å². The van der Waals surface area contributed by atoms with E-state index >= 15 is 0 Å². The molecule has 6 heteroatoms. The first kappa shape index (κ1) is 15.7. The molecule has 0 amide bonds. The van der Waals surface area contributed by atoms with Crippen LogP contribution in [0.3, 0.4) is 0 Å². The third-order valence-electron chi connectivity index (χ3n) is 4.52. The Morgan fingerprint density at radius 1 is 1.08 bits per heavy atom. The van der Waals surface area contributed by atoms with E-state index in [-0.39, 0.29) is 0 Å². The molecule has 0 atom stereocenters. The summed E-state index contributed by atoms with van der Waals surface area (Å²) in [6, 6.07) is 10.3. The molecule has 0 saturated heterocycles. The fourth-order valence-electron chi connectivity index (χ4n) is 3.03. The van der Waals surface area contributed by atoms with Crippen molar-refractivity contribution in [2.75, 3.05) is 38.5 Å². The molecule has 1 aromatic carbocycles. The smallest absolute Gasteiger partial charge is 0.165 e. The molecular formula is C19H22N6. The molecule has 0 spiro atoms. The van der Waals surface area contributed by atoms with Crippen LogP contribution in [0.4, 0.5) is 5.82 Å². The molecule has 2 N–H and O–H groups in total. The molecule has 6 nitrogen and oxygen atoms in total. The molecule has 1 aliphatic heterocycles. The number of hydrogen-bond acceptors (Lipinski definition) is 5. The second-order valence-corrected chi connectivity index (χ2v) is 6.36. The molecule has 128 valence electrons. The number of fused-ring (bicyclic) bond motifs is 4. The quantitative estimate of drug-likeness (QED) is 0.661. The summed E-state index contributed by atoms with van der Waals surface area (Å²) >= 11 is 0. The van der Waals surface area contributed by atoms with Crippen molar-refractivity contribution in [2.24, 2.45) is 0 Å². The monoisotopic (exact) mass is 334 g/mol. The molecule has 25 heavy (non-hydrogen) atoms. The van der Waals surface area contributed by atoms with Crippen molar-refractivity contribution in [3.63, 3.8) is 0 Å². The Morgan fingerprint density at radius 3 is 2.76 bits per heavy atom. The van der Waals surface area contributed by atoms with Gasteiger partial charge >= 0.3 is 0 Å². The van der Waals surface area contributed by atoms with Crippen LogP contribution in [0.2, 0.25) is 0 Å². The Balaban J connectivity index is 1.80. The number of hydrogen-bond donors (Lipinski definition) is 2. The highest BCUT2D eigenvalue weighted by molar-refractivity contribution is 5.80. The third kappa shape index (κ3) is 3.21. The van der Waals surface area contributed by atoms with Crippen molar-refractivity contribution in [2.45, 2.75) is 0 Å². The minimum Gasteiger partial charge on any atom is -0.384 e. The Labute approximate surface area is 147 Å². The summed E-state index contributed by atoms with van der Waals surface area (Å²) in [5.74, 6) is 0.871. The zero-order chi connectivity index (χ0) is 17.2. The number of nitrogens with zero attached hydrogens (tertiary/aromatic N) is 4. The van der Waals surface area contributed by atoms with Crippen molar-refractivity contribution >= 4 is 17.2 Å². The van der Waals surface area contributed by atoms with E-state index in [4.69, 9.17) is 4.98 Å². The minimum atomic E-state index is 0.845. The van der Waals surface area contributed by atoms with Gasteiger partial charge in [-0.2, -0.15) is 5.10 Å². The fraction of sp³-hybridized carbons (Fsp3) is 0.263. The first-order valence-electron chi connectivity index (χ1n) is 8.51. The molecule has 3 heterocycles. The highest BCUT2D eigenvalue weighted by Crippen LogP contribution is 2.26. The number of nitrogens with one attached hydrogen (secondary N) is 2. The van der Waals surface area contributed by atoms with Crippen LogP contribution >= 0.6 is 0 Å². The molecule has 4 rings (SSSR count). The van der Waals surface area contributed by atoms with Crippen LogP contribution in [-0.2, 0) is 0 Å². The average Bonchev–Trinajstić information content (AvgIpc) is 3.04. The molecule has 0 saturated carbocycles. The molecule has 0 radical (unpaired) electrons. The van der Waals surface area contributed by atoms with Gasteiger partial charge in [0.15, 0.2) is 5.65 Å². The van der Waals surface area contributed by atoms with Gasteiger partial charge in [0.2, 0.25) is 0 Å². The van der Waals surface area contributed by atoms with Gasteiger partial charge in [-0.25, -0.2) is 9.50 Å². The maximum absolute atomic E-state index is 4.76. The first-order chi connectivity index (χ1) is 12.2. The lowest BCUT2D eigenvalue weighted by molar-refractivity contribution is 0.351. The molecule has 2 aromatic heterocycles. The zero-order valence-corrected chi connectivity index (χ0v) is 14.4. The van der Waals surface area contributed by atoms with Crippen molar-refractivity contribution in [1.82, 2.24) is 24.8 Å². The van der Waals surface area contributed by atoms with E-state index in [1.54, 1.807) is 0 Å². The van der Waals surface area contributed by atoms with Crippen LogP contribution < -0.4 is 10.6 Å². The van der Waals surface area contributed by atoms with E-state index in [0.717, 1.165) is 60.0 Å². The van der Waals surface area contributed by atoms with Gasteiger partial charge in [-0.3, -0.25) is 0 Å². The number of aromatic nitrogens is 3. The van der Waals surface area contributed by atoms with Crippen molar-refractivity contribution in [1.29, 1.82) is 0 Å². The number of anilines is 1. The summed E-state index contributed by atoms with van der Waals surface area (Å²) in [5, 5.41) is 11.3. The molecule has 0 aliphatic carbocycles. The van der Waals surface area contributed by atoms with E-state index < -0.39 is 0 Å². The predicted molar refractivity (Wildman–Crippen MR) is 101 cm³/mol. The van der Waals surface area contributed by atoms with Crippen LogP contribution in [0.5, 0.6) is 0 Å². The molecule has 4 bridgehead atoms. The minimum absolute atomic E-state index is 0.845. The molecule has 3 aromatic rings. The lowest BCUT2D eigenvalue weighted by Crippen LogP contribution is -2.32. The lowest BCUT2D eigenvalue weighted by Gasteiger charge is -2.18. The van der Waals surface area contributed by atoms with Gasteiger partial charge in [0.1, 0.15) is 5.82 Å². The van der Waals surface area contributed by atoms with Crippen molar-refractivity contribution in [3.8, 4) is 11.1 Å². The van der Waals surface area contributed by atoms with Gasteiger partial charge in [0.05, 0.1) is 6.20 Å². The summed E-state index contributed by atoms with van der Waals surface area (Å²) in [7, 11) is 2.12. The van der Waals surface area contributed by atoms with Crippen LogP contribution in [0.25, 0.3) is 22.5 Å². The van der Waals surface area contributed by atoms with Gasteiger partial charge < -0.3 is 15.5 Å². The van der Waals surface area contributed by atoms with Crippen molar-refractivity contribution < 1.29 is 0 Å². The van der Waals surface area contributed by atoms with E-state index in [1.807, 2.05) is 29.0 Å². The van der Waals surface area contributed by atoms with Gasteiger partial charge in [-0.15, -0.1) is 0 Å². The summed E-state index contributed by atoms with van der Waals surface area (Å²) in [6.07, 6.45) is 3.81. The standard InChI is InChI=1S/C19H22N6/c1-14-15-4-3-5-16(12-15)17-13-22-25-9-6-18(23-19(17)25)21-8-11-24(2)10-7-20-14/h3-6,9,12-13,20H,1,7-8,10-11H2,2H3,(H,21,23). The summed E-state index contributed by atoms with van der Waals surface area (Å²) < 4.78 is 1.81. The summed E-state index contributed by atoms with van der Waals surface area (Å²) in [5.41, 5.74) is 4.98. The van der Waals surface area contributed by atoms with E-state index in [2.05, 4.69) is 52.5 Å². The van der Waals surface area contributed by atoms with Gasteiger partial charge in [0.25, 0.3) is 0 Å². The number of likely N-dealkylation sites (N-methyl/N-ethyl adjacent to an activating group) is 1. The Bertz CT molecular complexity index is 913.